The van der Waals surface area contributed by atoms with Gasteiger partial charge >= 0.3 is 5.97 Å². The van der Waals surface area contributed by atoms with Crippen molar-refractivity contribution < 1.29 is 18.8 Å². The summed E-state index contributed by atoms with van der Waals surface area (Å²) >= 11 is 0. The number of esters is 1. The molecule has 2 aromatic rings. The second kappa shape index (κ2) is 5.05. The number of ether oxygens (including phenoxy) is 1. The molecule has 1 atom stereocenters. The van der Waals surface area contributed by atoms with E-state index in [0.29, 0.717) is 5.39 Å². The van der Waals surface area contributed by atoms with Gasteiger partial charge in [0.05, 0.1) is 17.0 Å². The van der Waals surface area contributed by atoms with Crippen LogP contribution >= 0.6 is 0 Å². The maximum Gasteiger partial charge on any atom is 0.362 e. The van der Waals surface area contributed by atoms with Crippen molar-refractivity contribution in [1.82, 2.24) is 4.57 Å². The molecule has 100 valence electrons. The number of non-ortho nitro benzene ring substituents is 1. The Morgan fingerprint density at radius 2 is 2.26 bits per heavy atom. The summed E-state index contributed by atoms with van der Waals surface area (Å²) in [7, 11) is 0. The lowest BCUT2D eigenvalue weighted by Gasteiger charge is -2.10. The number of benzene rings is 1. The minimum absolute atomic E-state index is 0.0681. The van der Waals surface area contributed by atoms with Crippen molar-refractivity contribution >= 4 is 22.6 Å². The molecule has 0 aliphatic heterocycles. The van der Waals surface area contributed by atoms with Crippen molar-refractivity contribution in [2.24, 2.45) is 0 Å². The van der Waals surface area contributed by atoms with Gasteiger partial charge in [-0.1, -0.05) is 0 Å². The third kappa shape index (κ3) is 2.40. The Balaban J connectivity index is 2.46. The molecule has 6 nitrogen and oxygen atoms in total. The molecule has 0 radical (unpaired) electrons. The molecule has 1 unspecified atom stereocenters. The molecule has 0 N–H and O–H groups in total. The van der Waals surface area contributed by atoms with Gasteiger partial charge in [0.25, 0.3) is 12.0 Å². The minimum Gasteiger partial charge on any atom is -0.462 e. The summed E-state index contributed by atoms with van der Waals surface area (Å²) in [6.07, 6.45) is -0.657. The van der Waals surface area contributed by atoms with Gasteiger partial charge in [-0.05, 0) is 19.1 Å². The molecule has 1 aromatic heterocycles. The van der Waals surface area contributed by atoms with Crippen LogP contribution in [0.1, 0.15) is 13.2 Å². The molecule has 0 bridgehead atoms. The Kier molecular flexibility index (Phi) is 3.46. The molecule has 0 spiro atoms. The molecule has 0 aliphatic rings. The van der Waals surface area contributed by atoms with E-state index in [1.807, 2.05) is 0 Å². The van der Waals surface area contributed by atoms with Crippen molar-refractivity contribution in [3.05, 3.63) is 40.6 Å². The number of aromatic nitrogens is 1. The highest BCUT2D eigenvalue weighted by atomic mass is 19.1. The van der Waals surface area contributed by atoms with E-state index < -0.39 is 17.2 Å². The Hall–Kier alpha value is -2.44. The lowest BCUT2D eigenvalue weighted by atomic mass is 10.2. The topological polar surface area (TPSA) is 74.4 Å². The normalized spacial score (nSPS) is 12.3. The summed E-state index contributed by atoms with van der Waals surface area (Å²) in [6, 6.07) is 5.62. The first-order chi connectivity index (χ1) is 9.04. The fraction of sp³-hybridized carbons (Fsp3) is 0.250. The molecule has 1 aromatic carbocycles. The van der Waals surface area contributed by atoms with Crippen molar-refractivity contribution in [3.63, 3.8) is 0 Å². The average Bonchev–Trinajstić information content (AvgIpc) is 2.80. The lowest BCUT2D eigenvalue weighted by Crippen LogP contribution is -2.17. The first kappa shape index (κ1) is 13.0. The molecule has 7 heteroatoms. The van der Waals surface area contributed by atoms with Crippen LogP contribution in [0.25, 0.3) is 10.9 Å². The molecule has 19 heavy (non-hydrogen) atoms. The van der Waals surface area contributed by atoms with E-state index in [9.17, 15) is 19.3 Å². The van der Waals surface area contributed by atoms with Crippen LogP contribution in [-0.2, 0) is 9.53 Å². The van der Waals surface area contributed by atoms with Gasteiger partial charge in [0, 0.05) is 23.7 Å². The fourth-order valence-corrected chi connectivity index (χ4v) is 1.77. The summed E-state index contributed by atoms with van der Waals surface area (Å²) in [4.78, 5) is 21.5. The minimum atomic E-state index is -2.01. The summed E-state index contributed by atoms with van der Waals surface area (Å²) in [5, 5.41) is 11.3. The SMILES string of the molecule is CCOC(=O)C(F)n1ccc2ccc([N+](=O)[O-])cc21. The number of nitro groups is 1. The number of nitrogens with zero attached hydrogens (tertiary/aromatic N) is 2. The quantitative estimate of drug-likeness (QED) is 0.484. The number of carbonyl (C=O) groups is 1. The van der Waals surface area contributed by atoms with Gasteiger partial charge < -0.3 is 9.30 Å². The second-order valence-electron chi connectivity index (χ2n) is 3.81. The van der Waals surface area contributed by atoms with Crippen LogP contribution in [-0.4, -0.2) is 22.1 Å². The van der Waals surface area contributed by atoms with E-state index in [1.165, 1.54) is 24.4 Å². The first-order valence-electron chi connectivity index (χ1n) is 5.60. The van der Waals surface area contributed by atoms with Crippen LogP contribution in [0.3, 0.4) is 0 Å². The predicted octanol–water partition coefficient (Wildman–Crippen LogP) is 2.58. The van der Waals surface area contributed by atoms with Crippen molar-refractivity contribution in [1.29, 1.82) is 0 Å². The molecular weight excluding hydrogens is 255 g/mol. The standard InChI is InChI=1S/C12H11FN2O4/c1-2-19-12(16)11(13)14-6-5-8-3-4-9(15(17)18)7-10(8)14/h3-7,11H,2H2,1H3. The van der Waals surface area contributed by atoms with E-state index >= 15 is 0 Å². The fourth-order valence-electron chi connectivity index (χ4n) is 1.77. The highest BCUT2D eigenvalue weighted by molar-refractivity contribution is 5.84. The van der Waals surface area contributed by atoms with E-state index in [4.69, 9.17) is 0 Å². The second-order valence-corrected chi connectivity index (χ2v) is 3.81. The van der Waals surface area contributed by atoms with E-state index in [-0.39, 0.29) is 17.8 Å². The number of hydrogen-bond donors (Lipinski definition) is 0. The number of halogens is 1. The van der Waals surface area contributed by atoms with Gasteiger partial charge in [0.1, 0.15) is 0 Å². The van der Waals surface area contributed by atoms with Gasteiger partial charge in [0.15, 0.2) is 0 Å². The number of hydrogen-bond acceptors (Lipinski definition) is 4. The Morgan fingerprint density at radius 3 is 2.89 bits per heavy atom. The lowest BCUT2D eigenvalue weighted by molar-refractivity contribution is -0.384. The van der Waals surface area contributed by atoms with Crippen molar-refractivity contribution in [2.45, 2.75) is 13.2 Å². The van der Waals surface area contributed by atoms with Crippen LogP contribution in [0.15, 0.2) is 30.5 Å². The number of nitro benzene ring substituents is 1. The molecule has 0 amide bonds. The molecule has 0 saturated carbocycles. The summed E-state index contributed by atoms with van der Waals surface area (Å²) in [5.41, 5.74) is 0.110. The zero-order chi connectivity index (χ0) is 14.0. The summed E-state index contributed by atoms with van der Waals surface area (Å²) < 4.78 is 19.5. The molecule has 1 heterocycles. The molecular formula is C12H11FN2O4. The van der Waals surface area contributed by atoms with E-state index in [0.717, 1.165) is 4.57 Å². The van der Waals surface area contributed by atoms with Gasteiger partial charge in [-0.15, -0.1) is 0 Å². The van der Waals surface area contributed by atoms with Crippen LogP contribution < -0.4 is 0 Å². The number of fused-ring (bicyclic) bond motifs is 1. The third-order valence-corrected chi connectivity index (χ3v) is 2.64. The number of alkyl halides is 1. The Bertz CT molecular complexity index is 638. The number of rotatable bonds is 4. The highest BCUT2D eigenvalue weighted by Crippen LogP contribution is 2.25. The average molecular weight is 266 g/mol. The summed E-state index contributed by atoms with van der Waals surface area (Å²) in [5.74, 6) is -1.02. The predicted molar refractivity (Wildman–Crippen MR) is 65.4 cm³/mol. The zero-order valence-corrected chi connectivity index (χ0v) is 10.1. The summed E-state index contributed by atoms with van der Waals surface area (Å²) in [6.45, 7) is 1.64. The molecule has 0 saturated heterocycles. The van der Waals surface area contributed by atoms with Gasteiger partial charge in [-0.3, -0.25) is 10.1 Å². The maximum atomic E-state index is 13.9. The van der Waals surface area contributed by atoms with E-state index in [2.05, 4.69) is 4.74 Å². The Morgan fingerprint density at radius 1 is 1.53 bits per heavy atom. The van der Waals surface area contributed by atoms with Crippen molar-refractivity contribution in [2.75, 3.05) is 6.61 Å². The molecule has 0 fully saturated rings. The van der Waals surface area contributed by atoms with Crippen LogP contribution in [0, 0.1) is 10.1 Å². The monoisotopic (exact) mass is 266 g/mol. The third-order valence-electron chi connectivity index (χ3n) is 2.64. The number of carbonyl (C=O) groups excluding carboxylic acids is 1. The van der Waals surface area contributed by atoms with Crippen LogP contribution in [0.2, 0.25) is 0 Å². The Labute approximate surface area is 107 Å². The highest BCUT2D eigenvalue weighted by Gasteiger charge is 2.22. The largest absolute Gasteiger partial charge is 0.462 e. The van der Waals surface area contributed by atoms with Crippen LogP contribution in [0.4, 0.5) is 10.1 Å². The van der Waals surface area contributed by atoms with Crippen LogP contribution in [0.5, 0.6) is 0 Å². The van der Waals surface area contributed by atoms with Gasteiger partial charge in [-0.25, -0.2) is 9.18 Å². The maximum absolute atomic E-state index is 13.9. The van der Waals surface area contributed by atoms with Gasteiger partial charge in [0.2, 0.25) is 0 Å². The zero-order valence-electron chi connectivity index (χ0n) is 10.1. The van der Waals surface area contributed by atoms with Crippen molar-refractivity contribution in [3.8, 4) is 0 Å². The molecule has 0 aliphatic carbocycles. The first-order valence-corrected chi connectivity index (χ1v) is 5.60. The van der Waals surface area contributed by atoms with E-state index in [1.54, 1.807) is 13.0 Å². The smallest absolute Gasteiger partial charge is 0.362 e. The molecule has 2 rings (SSSR count). The van der Waals surface area contributed by atoms with Gasteiger partial charge in [-0.2, -0.15) is 0 Å².